The zero-order valence-corrected chi connectivity index (χ0v) is 22.0. The van der Waals surface area contributed by atoms with Crippen molar-refractivity contribution in [2.75, 3.05) is 4.90 Å². The van der Waals surface area contributed by atoms with Crippen LogP contribution in [0.3, 0.4) is 0 Å². The Labute approximate surface area is 224 Å². The fraction of sp³-hybridized carbons (Fsp3) is 0.281. The van der Waals surface area contributed by atoms with Gasteiger partial charge in [-0.25, -0.2) is 0 Å². The average Bonchev–Trinajstić information content (AvgIpc) is 3.00. The molecule has 3 aromatic rings. The number of nitrogens with zero attached hydrogens (tertiary/aromatic N) is 1. The number of amides is 3. The van der Waals surface area contributed by atoms with Crippen LogP contribution in [0.1, 0.15) is 43.9 Å². The molecule has 0 fully saturated rings. The molecule has 0 aromatic heterocycles. The van der Waals surface area contributed by atoms with E-state index in [0.29, 0.717) is 19.4 Å². The van der Waals surface area contributed by atoms with E-state index in [1.165, 1.54) is 0 Å². The Morgan fingerprint density at radius 3 is 2.24 bits per heavy atom. The molecule has 6 nitrogen and oxygen atoms in total. The van der Waals surface area contributed by atoms with E-state index in [1.807, 2.05) is 92.7 Å². The number of hydrogen-bond donors (Lipinski definition) is 2. The molecule has 1 heterocycles. The van der Waals surface area contributed by atoms with Gasteiger partial charge in [0.05, 0.1) is 24.1 Å². The van der Waals surface area contributed by atoms with Gasteiger partial charge in [-0.3, -0.25) is 14.4 Å². The SMILES string of the molecule is C=CC[C@H](C(N)=O)[C@@H](CC(C)C)C(=O)NC1C(=O)N(Cc2ccccc2)c2ccccc2-c2ccccc21. The van der Waals surface area contributed by atoms with E-state index in [9.17, 15) is 14.4 Å². The number of anilines is 1. The van der Waals surface area contributed by atoms with Crippen molar-refractivity contribution in [1.82, 2.24) is 5.32 Å². The highest BCUT2D eigenvalue weighted by atomic mass is 16.2. The first-order valence-corrected chi connectivity index (χ1v) is 13.1. The second-order valence-electron chi connectivity index (χ2n) is 10.2. The molecule has 0 radical (unpaired) electrons. The maximum atomic E-state index is 14.3. The van der Waals surface area contributed by atoms with Gasteiger partial charge in [-0.1, -0.05) is 92.7 Å². The molecule has 1 aliphatic heterocycles. The number of carbonyl (C=O) groups excluding carboxylic acids is 3. The molecule has 1 aliphatic rings. The monoisotopic (exact) mass is 509 g/mol. The van der Waals surface area contributed by atoms with Gasteiger partial charge in [0.15, 0.2) is 0 Å². The molecule has 3 aromatic carbocycles. The number of nitrogens with two attached hydrogens (primary N) is 1. The molecule has 1 unspecified atom stereocenters. The predicted molar refractivity (Wildman–Crippen MR) is 151 cm³/mol. The van der Waals surface area contributed by atoms with E-state index in [-0.39, 0.29) is 17.7 Å². The molecule has 0 saturated carbocycles. The minimum atomic E-state index is -0.929. The van der Waals surface area contributed by atoms with E-state index in [1.54, 1.807) is 11.0 Å². The first-order chi connectivity index (χ1) is 18.3. The van der Waals surface area contributed by atoms with E-state index < -0.39 is 23.8 Å². The zero-order chi connectivity index (χ0) is 27.2. The molecule has 196 valence electrons. The third-order valence-electron chi connectivity index (χ3n) is 7.07. The number of primary amides is 1. The van der Waals surface area contributed by atoms with Crippen LogP contribution in [-0.4, -0.2) is 17.7 Å². The van der Waals surface area contributed by atoms with Crippen molar-refractivity contribution in [1.29, 1.82) is 0 Å². The topological polar surface area (TPSA) is 92.5 Å². The van der Waals surface area contributed by atoms with Gasteiger partial charge in [0.2, 0.25) is 11.8 Å². The van der Waals surface area contributed by atoms with Crippen LogP contribution < -0.4 is 16.0 Å². The number of para-hydroxylation sites is 1. The smallest absolute Gasteiger partial charge is 0.254 e. The summed E-state index contributed by atoms with van der Waals surface area (Å²) in [7, 11) is 0. The Hall–Kier alpha value is -4.19. The zero-order valence-electron chi connectivity index (χ0n) is 22.0. The van der Waals surface area contributed by atoms with Crippen LogP contribution in [0.15, 0.2) is 91.5 Å². The number of allylic oxidation sites excluding steroid dienone is 1. The lowest BCUT2D eigenvalue weighted by atomic mass is 9.82. The van der Waals surface area contributed by atoms with E-state index in [4.69, 9.17) is 5.73 Å². The first-order valence-electron chi connectivity index (χ1n) is 13.1. The molecule has 3 amide bonds. The Balaban J connectivity index is 1.78. The van der Waals surface area contributed by atoms with Crippen LogP contribution >= 0.6 is 0 Å². The molecule has 0 bridgehead atoms. The van der Waals surface area contributed by atoms with Crippen LogP contribution in [0, 0.1) is 17.8 Å². The van der Waals surface area contributed by atoms with Gasteiger partial charge in [0, 0.05) is 5.56 Å². The molecule has 0 spiro atoms. The summed E-state index contributed by atoms with van der Waals surface area (Å²) in [5.74, 6) is -2.38. The number of carbonyl (C=O) groups is 3. The normalized spacial score (nSPS) is 16.1. The van der Waals surface area contributed by atoms with Gasteiger partial charge in [0.25, 0.3) is 5.91 Å². The molecule has 0 aliphatic carbocycles. The Morgan fingerprint density at radius 1 is 0.947 bits per heavy atom. The summed E-state index contributed by atoms with van der Waals surface area (Å²) in [4.78, 5) is 42.2. The van der Waals surface area contributed by atoms with Crippen molar-refractivity contribution < 1.29 is 14.4 Å². The summed E-state index contributed by atoms with van der Waals surface area (Å²) in [5, 5.41) is 3.04. The fourth-order valence-corrected chi connectivity index (χ4v) is 5.28. The lowest BCUT2D eigenvalue weighted by molar-refractivity contribution is -0.135. The van der Waals surface area contributed by atoms with E-state index in [0.717, 1.165) is 27.9 Å². The minimum Gasteiger partial charge on any atom is -0.369 e. The van der Waals surface area contributed by atoms with Gasteiger partial charge in [-0.05, 0) is 41.5 Å². The Bertz CT molecular complexity index is 1320. The van der Waals surface area contributed by atoms with Gasteiger partial charge in [-0.15, -0.1) is 6.58 Å². The number of fused-ring (bicyclic) bond motifs is 3. The maximum absolute atomic E-state index is 14.3. The lowest BCUT2D eigenvalue weighted by Crippen LogP contribution is -2.47. The lowest BCUT2D eigenvalue weighted by Gasteiger charge is -2.30. The highest BCUT2D eigenvalue weighted by molar-refractivity contribution is 6.06. The summed E-state index contributed by atoms with van der Waals surface area (Å²) in [6, 6.07) is 24.3. The largest absolute Gasteiger partial charge is 0.369 e. The van der Waals surface area contributed by atoms with Crippen LogP contribution in [0.2, 0.25) is 0 Å². The van der Waals surface area contributed by atoms with Gasteiger partial charge >= 0.3 is 0 Å². The maximum Gasteiger partial charge on any atom is 0.254 e. The third kappa shape index (κ3) is 5.70. The molecule has 4 rings (SSSR count). The number of benzene rings is 3. The summed E-state index contributed by atoms with van der Waals surface area (Å²) in [5.41, 5.74) is 10.0. The van der Waals surface area contributed by atoms with Crippen molar-refractivity contribution in [2.24, 2.45) is 23.5 Å². The summed E-state index contributed by atoms with van der Waals surface area (Å²) >= 11 is 0. The van der Waals surface area contributed by atoms with Crippen molar-refractivity contribution in [2.45, 2.75) is 39.3 Å². The standard InChI is InChI=1S/C32H35N3O3/c1-4-12-26(30(33)36)27(19-21(2)3)31(37)34-29-25-17-9-8-15-23(25)24-16-10-11-18-28(24)35(32(29)38)20-22-13-6-5-7-14-22/h4-11,13-18,21,26-27,29H,1,12,19-20H2,2-3H3,(H2,33,36)(H,34,37)/t26-,27+,29?/m0/s1. The number of hydrogen-bond acceptors (Lipinski definition) is 3. The van der Waals surface area contributed by atoms with Crippen LogP contribution in [-0.2, 0) is 20.9 Å². The third-order valence-corrected chi connectivity index (χ3v) is 7.07. The van der Waals surface area contributed by atoms with Crippen molar-refractivity contribution in [3.8, 4) is 11.1 Å². The Kier molecular flexibility index (Phi) is 8.41. The molecule has 6 heteroatoms. The van der Waals surface area contributed by atoms with Crippen LogP contribution in [0.25, 0.3) is 11.1 Å². The van der Waals surface area contributed by atoms with Crippen LogP contribution in [0.5, 0.6) is 0 Å². The van der Waals surface area contributed by atoms with Gasteiger partial charge in [0.1, 0.15) is 6.04 Å². The Morgan fingerprint density at radius 2 is 1.58 bits per heavy atom. The number of nitrogens with one attached hydrogen (secondary N) is 1. The summed E-state index contributed by atoms with van der Waals surface area (Å²) in [6.07, 6.45) is 2.37. The quantitative estimate of drug-likeness (QED) is 0.359. The first kappa shape index (κ1) is 26.9. The van der Waals surface area contributed by atoms with E-state index >= 15 is 0 Å². The fourth-order valence-electron chi connectivity index (χ4n) is 5.28. The average molecular weight is 510 g/mol. The predicted octanol–water partition coefficient (Wildman–Crippen LogP) is 5.40. The van der Waals surface area contributed by atoms with Gasteiger partial charge < -0.3 is 16.0 Å². The van der Waals surface area contributed by atoms with Crippen LogP contribution in [0.4, 0.5) is 5.69 Å². The second-order valence-corrected chi connectivity index (χ2v) is 10.2. The molecule has 0 saturated heterocycles. The molecular weight excluding hydrogens is 474 g/mol. The highest BCUT2D eigenvalue weighted by Crippen LogP contribution is 2.41. The molecule has 3 N–H and O–H groups in total. The summed E-state index contributed by atoms with van der Waals surface area (Å²) in [6.45, 7) is 8.09. The summed E-state index contributed by atoms with van der Waals surface area (Å²) < 4.78 is 0. The minimum absolute atomic E-state index is 0.147. The second kappa shape index (κ2) is 11.9. The molecular formula is C32H35N3O3. The van der Waals surface area contributed by atoms with Crippen molar-refractivity contribution in [3.63, 3.8) is 0 Å². The molecule has 38 heavy (non-hydrogen) atoms. The number of rotatable bonds is 10. The van der Waals surface area contributed by atoms with Gasteiger partial charge in [-0.2, -0.15) is 0 Å². The highest BCUT2D eigenvalue weighted by Gasteiger charge is 2.38. The van der Waals surface area contributed by atoms with Crippen molar-refractivity contribution >= 4 is 23.4 Å². The van der Waals surface area contributed by atoms with E-state index in [2.05, 4.69) is 11.9 Å². The molecule has 3 atom stereocenters. The van der Waals surface area contributed by atoms with Crippen molar-refractivity contribution in [3.05, 3.63) is 103 Å².